The monoisotopic (exact) mass is 412 g/mol. The summed E-state index contributed by atoms with van der Waals surface area (Å²) in [7, 11) is 0. The number of hydrogen-bond donors (Lipinski definition) is 1. The molecular formula is C21H14Cl2N2O3. The quantitative estimate of drug-likeness (QED) is 0.484. The minimum Gasteiger partial charge on any atom is -0.457 e. The van der Waals surface area contributed by atoms with Crippen LogP contribution in [0, 0.1) is 6.92 Å². The molecule has 1 N–H and O–H groups in total. The zero-order chi connectivity index (χ0) is 19.8. The number of hydrogen-bond acceptors (Lipinski definition) is 3. The number of anilines is 1. The topological polar surface area (TPSA) is 62.6 Å². The Labute approximate surface area is 171 Å². The number of carbonyl (C=O) groups excluding carboxylic acids is 2. The lowest BCUT2D eigenvalue weighted by atomic mass is 10.1. The van der Waals surface area contributed by atoms with Crippen LogP contribution < -0.4 is 10.4 Å². The highest BCUT2D eigenvalue weighted by Gasteiger charge is 2.34. The molecule has 1 fully saturated rings. The van der Waals surface area contributed by atoms with Crippen molar-refractivity contribution in [3.63, 3.8) is 0 Å². The molecule has 5 nitrogen and oxygen atoms in total. The van der Waals surface area contributed by atoms with Crippen molar-refractivity contribution in [1.82, 2.24) is 5.43 Å². The third kappa shape index (κ3) is 3.42. The van der Waals surface area contributed by atoms with Gasteiger partial charge in [0.25, 0.3) is 11.8 Å². The van der Waals surface area contributed by atoms with Gasteiger partial charge in [0, 0.05) is 15.6 Å². The van der Waals surface area contributed by atoms with Gasteiger partial charge in [0.1, 0.15) is 17.1 Å². The van der Waals surface area contributed by atoms with Crippen LogP contribution in [0.3, 0.4) is 0 Å². The van der Waals surface area contributed by atoms with Crippen LogP contribution in [-0.4, -0.2) is 11.8 Å². The van der Waals surface area contributed by atoms with E-state index in [1.807, 2.05) is 25.1 Å². The van der Waals surface area contributed by atoms with Gasteiger partial charge in [-0.15, -0.1) is 0 Å². The fourth-order valence-electron chi connectivity index (χ4n) is 2.80. The Morgan fingerprint density at radius 2 is 1.75 bits per heavy atom. The Kier molecular flexibility index (Phi) is 4.71. The maximum atomic E-state index is 12.6. The molecule has 1 aliphatic heterocycles. The molecule has 2 aromatic carbocycles. The standard InChI is InChI=1S/C21H14Cl2N2O3/c1-12-2-3-13(10-18(12)23)19-9-8-16(28-19)11-17-20(26)24-25(21(17)27)15-6-4-14(22)5-7-15/h2-11H,1H3,(H,24,26)/b17-11-. The molecule has 0 aliphatic carbocycles. The van der Waals surface area contributed by atoms with Gasteiger partial charge in [-0.2, -0.15) is 0 Å². The number of rotatable bonds is 3. The van der Waals surface area contributed by atoms with Crippen LogP contribution in [0.2, 0.25) is 10.0 Å². The first-order valence-electron chi connectivity index (χ1n) is 8.41. The number of carbonyl (C=O) groups is 2. The smallest absolute Gasteiger partial charge is 0.282 e. The Morgan fingerprint density at radius 3 is 2.46 bits per heavy atom. The number of nitrogens with one attached hydrogen (secondary N) is 1. The molecular weight excluding hydrogens is 399 g/mol. The lowest BCUT2D eigenvalue weighted by Gasteiger charge is -2.14. The molecule has 0 unspecified atom stereocenters. The van der Waals surface area contributed by atoms with Gasteiger partial charge in [-0.05, 0) is 61.0 Å². The van der Waals surface area contributed by atoms with Crippen molar-refractivity contribution in [2.75, 3.05) is 5.01 Å². The Hall–Kier alpha value is -3.02. The highest BCUT2D eigenvalue weighted by atomic mass is 35.5. The average molecular weight is 413 g/mol. The second kappa shape index (κ2) is 7.19. The van der Waals surface area contributed by atoms with E-state index in [9.17, 15) is 9.59 Å². The maximum Gasteiger partial charge on any atom is 0.282 e. The van der Waals surface area contributed by atoms with E-state index in [1.165, 1.54) is 11.1 Å². The molecule has 0 spiro atoms. The molecule has 1 saturated heterocycles. The Bertz CT molecular complexity index is 1120. The van der Waals surface area contributed by atoms with E-state index in [0.29, 0.717) is 27.3 Å². The zero-order valence-electron chi connectivity index (χ0n) is 14.7. The van der Waals surface area contributed by atoms with Crippen molar-refractivity contribution in [3.05, 3.63) is 81.5 Å². The van der Waals surface area contributed by atoms with E-state index in [1.54, 1.807) is 36.4 Å². The van der Waals surface area contributed by atoms with Crippen LogP contribution in [0.25, 0.3) is 17.4 Å². The number of furan rings is 1. The van der Waals surface area contributed by atoms with Crippen LogP contribution in [-0.2, 0) is 9.59 Å². The van der Waals surface area contributed by atoms with Crippen molar-refractivity contribution in [2.24, 2.45) is 0 Å². The van der Waals surface area contributed by atoms with Gasteiger partial charge in [-0.25, -0.2) is 5.01 Å². The summed E-state index contributed by atoms with van der Waals surface area (Å²) in [4.78, 5) is 24.9. The molecule has 7 heteroatoms. The molecule has 140 valence electrons. The third-order valence-corrected chi connectivity index (χ3v) is 5.01. The molecule has 1 aromatic heterocycles. The van der Waals surface area contributed by atoms with Gasteiger partial charge < -0.3 is 4.42 Å². The predicted octanol–water partition coefficient (Wildman–Crippen LogP) is 5.02. The lowest BCUT2D eigenvalue weighted by molar-refractivity contribution is -0.117. The van der Waals surface area contributed by atoms with E-state index < -0.39 is 11.8 Å². The van der Waals surface area contributed by atoms with Crippen molar-refractivity contribution in [1.29, 1.82) is 0 Å². The average Bonchev–Trinajstić information content (AvgIpc) is 3.25. The highest BCUT2D eigenvalue weighted by Crippen LogP contribution is 2.28. The summed E-state index contributed by atoms with van der Waals surface area (Å²) >= 11 is 12.0. The van der Waals surface area contributed by atoms with E-state index >= 15 is 0 Å². The lowest BCUT2D eigenvalue weighted by Crippen LogP contribution is -2.35. The molecule has 0 bridgehead atoms. The first-order valence-corrected chi connectivity index (χ1v) is 9.17. The van der Waals surface area contributed by atoms with Crippen LogP contribution in [0.5, 0.6) is 0 Å². The van der Waals surface area contributed by atoms with Crippen LogP contribution >= 0.6 is 23.2 Å². The number of hydrazine groups is 1. The normalized spacial score (nSPS) is 15.4. The van der Waals surface area contributed by atoms with Crippen LogP contribution in [0.15, 0.2) is 64.6 Å². The second-order valence-electron chi connectivity index (χ2n) is 6.28. The maximum absolute atomic E-state index is 12.6. The SMILES string of the molecule is Cc1ccc(-c2ccc(/C=C3/C(=O)NN(c4ccc(Cl)cc4)C3=O)o2)cc1Cl. The molecule has 2 amide bonds. The molecule has 3 aromatic rings. The zero-order valence-corrected chi connectivity index (χ0v) is 16.2. The minimum absolute atomic E-state index is 0.0159. The molecule has 0 atom stereocenters. The van der Waals surface area contributed by atoms with E-state index in [-0.39, 0.29) is 5.57 Å². The fraction of sp³-hybridized carbons (Fsp3) is 0.0476. The van der Waals surface area contributed by atoms with Crippen LogP contribution in [0.1, 0.15) is 11.3 Å². The predicted molar refractivity (Wildman–Crippen MR) is 109 cm³/mol. The van der Waals surface area contributed by atoms with Gasteiger partial charge in [0.2, 0.25) is 0 Å². The van der Waals surface area contributed by atoms with E-state index in [4.69, 9.17) is 27.6 Å². The first-order chi connectivity index (χ1) is 13.4. The summed E-state index contributed by atoms with van der Waals surface area (Å²) < 4.78 is 5.78. The molecule has 4 rings (SSSR count). The third-order valence-electron chi connectivity index (χ3n) is 4.35. The Morgan fingerprint density at radius 1 is 1.00 bits per heavy atom. The molecule has 1 aliphatic rings. The minimum atomic E-state index is -0.503. The number of aryl methyl sites for hydroxylation is 1. The molecule has 0 saturated carbocycles. The summed E-state index contributed by atoms with van der Waals surface area (Å²) in [6, 6.07) is 15.6. The van der Waals surface area contributed by atoms with Crippen LogP contribution in [0.4, 0.5) is 5.69 Å². The van der Waals surface area contributed by atoms with Crippen molar-refractivity contribution < 1.29 is 14.0 Å². The molecule has 28 heavy (non-hydrogen) atoms. The second-order valence-corrected chi connectivity index (χ2v) is 7.13. The number of nitrogens with zero attached hydrogens (tertiary/aromatic N) is 1. The highest BCUT2D eigenvalue weighted by molar-refractivity contribution is 6.32. The number of benzene rings is 2. The van der Waals surface area contributed by atoms with Gasteiger partial charge >= 0.3 is 0 Å². The summed E-state index contributed by atoms with van der Waals surface area (Å²) in [5.74, 6) is 0.0113. The van der Waals surface area contributed by atoms with Gasteiger partial charge in [0.05, 0.1) is 5.69 Å². The fourth-order valence-corrected chi connectivity index (χ4v) is 3.11. The van der Waals surface area contributed by atoms with Crippen molar-refractivity contribution >= 4 is 46.8 Å². The summed E-state index contributed by atoms with van der Waals surface area (Å²) in [6.45, 7) is 1.92. The van der Waals surface area contributed by atoms with Gasteiger partial charge in [-0.3, -0.25) is 15.0 Å². The summed E-state index contributed by atoms with van der Waals surface area (Å²) in [5, 5.41) is 2.35. The molecule has 2 heterocycles. The van der Waals surface area contributed by atoms with E-state index in [0.717, 1.165) is 11.1 Å². The summed E-state index contributed by atoms with van der Waals surface area (Å²) in [5.41, 5.74) is 4.81. The Balaban J connectivity index is 1.61. The first kappa shape index (κ1) is 18.3. The number of halogens is 2. The van der Waals surface area contributed by atoms with Gasteiger partial charge in [0.15, 0.2) is 0 Å². The number of amides is 2. The molecule has 0 radical (unpaired) electrons. The van der Waals surface area contributed by atoms with E-state index in [2.05, 4.69) is 5.43 Å². The van der Waals surface area contributed by atoms with Gasteiger partial charge in [-0.1, -0.05) is 35.3 Å². The largest absolute Gasteiger partial charge is 0.457 e. The summed E-state index contributed by atoms with van der Waals surface area (Å²) in [6.07, 6.45) is 1.42. The van der Waals surface area contributed by atoms with Crippen molar-refractivity contribution in [2.45, 2.75) is 6.92 Å². The van der Waals surface area contributed by atoms with Crippen molar-refractivity contribution in [3.8, 4) is 11.3 Å².